The van der Waals surface area contributed by atoms with Crippen molar-refractivity contribution in [2.24, 2.45) is 29.4 Å². The predicted molar refractivity (Wildman–Crippen MR) is 174 cm³/mol. The molecule has 290 valence electrons. The quantitative estimate of drug-likeness (QED) is 0.0386. The van der Waals surface area contributed by atoms with E-state index in [1.165, 1.54) is 0 Å². The van der Waals surface area contributed by atoms with Crippen molar-refractivity contribution >= 4 is 35.8 Å². The molecule has 0 aliphatic rings. The van der Waals surface area contributed by atoms with Gasteiger partial charge in [-0.05, 0) is 43.9 Å². The number of aliphatic carboxylic acids is 4. The van der Waals surface area contributed by atoms with Gasteiger partial charge in [-0.1, -0.05) is 46.5 Å². The fourth-order valence-corrected chi connectivity index (χ4v) is 5.61. The Kier molecular flexibility index (Phi) is 23.0. The van der Waals surface area contributed by atoms with Gasteiger partial charge >= 0.3 is 35.8 Å². The second-order valence-corrected chi connectivity index (χ2v) is 13.2. The summed E-state index contributed by atoms with van der Waals surface area (Å²) < 4.78 is 11.4. The Hall–Kier alpha value is -3.38. The van der Waals surface area contributed by atoms with Crippen molar-refractivity contribution in [1.82, 2.24) is 0 Å². The average Bonchev–Trinajstić information content (AvgIpc) is 3.01. The molecule has 17 nitrogen and oxygen atoms in total. The van der Waals surface area contributed by atoms with E-state index >= 15 is 0 Å². The minimum Gasteiger partial charge on any atom is -0.481 e. The summed E-state index contributed by atoms with van der Waals surface area (Å²) >= 11 is 0. The maximum atomic E-state index is 13.0. The first kappa shape index (κ1) is 46.6. The summed E-state index contributed by atoms with van der Waals surface area (Å²) in [6.07, 6.45) is -7.12. The Labute approximate surface area is 291 Å². The molecule has 50 heavy (non-hydrogen) atoms. The number of ether oxygens (including phenoxy) is 2. The number of aliphatic hydroxyl groups excluding tert-OH is 4. The van der Waals surface area contributed by atoms with Crippen LogP contribution in [-0.2, 0) is 38.2 Å². The Morgan fingerprint density at radius 1 is 0.640 bits per heavy atom. The van der Waals surface area contributed by atoms with Crippen LogP contribution in [0.3, 0.4) is 0 Å². The lowest BCUT2D eigenvalue weighted by Crippen LogP contribution is -2.42. The number of esters is 2. The number of carboxylic acid groups (broad SMARTS) is 4. The number of hydrogen-bond acceptors (Lipinski definition) is 13. The van der Waals surface area contributed by atoms with Crippen molar-refractivity contribution in [3.63, 3.8) is 0 Å². The lowest BCUT2D eigenvalue weighted by Gasteiger charge is -2.33. The first-order chi connectivity index (χ1) is 23.3. The van der Waals surface area contributed by atoms with Crippen LogP contribution in [0, 0.1) is 23.7 Å². The molecule has 0 aromatic heterocycles. The molecule has 0 fully saturated rings. The molecule has 0 saturated heterocycles. The summed E-state index contributed by atoms with van der Waals surface area (Å²) in [6.45, 7) is 5.13. The van der Waals surface area contributed by atoms with Crippen LogP contribution < -0.4 is 5.73 Å². The molecule has 17 heteroatoms. The van der Waals surface area contributed by atoms with Gasteiger partial charge in [0.2, 0.25) is 0 Å². The SMILES string of the molecule is CCCC[C@@H](C)[C@@H](OC(=O)C[C@H](CC(=O)O)C(=O)O)[C@H](C[C@@H](C)C[C@H](O)CCCC[C@@H](O)[C@@H](O)[C@H](O)CN)OC(=O)C[C@@H](CC(=O)O)C(=O)O. The highest BCUT2D eigenvalue weighted by molar-refractivity contribution is 5.83. The molecule has 0 amide bonds. The number of carbonyl (C=O) groups excluding carboxylic acids is 2. The summed E-state index contributed by atoms with van der Waals surface area (Å²) in [5.41, 5.74) is 5.30. The third-order valence-electron chi connectivity index (χ3n) is 8.48. The van der Waals surface area contributed by atoms with Crippen LogP contribution in [0.5, 0.6) is 0 Å². The molecule has 0 saturated carbocycles. The molecule has 0 aliphatic carbocycles. The zero-order valence-electron chi connectivity index (χ0n) is 29.1. The number of unbranched alkanes of at least 4 members (excludes halogenated alkanes) is 2. The van der Waals surface area contributed by atoms with Gasteiger partial charge in [0.1, 0.15) is 18.3 Å². The predicted octanol–water partition coefficient (Wildman–Crippen LogP) is 1.15. The molecule has 0 aromatic rings. The fraction of sp³-hybridized carbons (Fsp3) is 0.818. The second kappa shape index (κ2) is 24.7. The molecule has 0 rings (SSSR count). The third kappa shape index (κ3) is 19.7. The van der Waals surface area contributed by atoms with Crippen LogP contribution >= 0.6 is 0 Å². The number of hydrogen-bond donors (Lipinski definition) is 9. The average molecular weight is 724 g/mol. The molecule has 0 spiro atoms. The molecular weight excluding hydrogens is 666 g/mol. The zero-order valence-corrected chi connectivity index (χ0v) is 29.1. The van der Waals surface area contributed by atoms with Crippen LogP contribution in [0.25, 0.3) is 0 Å². The van der Waals surface area contributed by atoms with Gasteiger partial charge < -0.3 is 56.1 Å². The van der Waals surface area contributed by atoms with Crippen molar-refractivity contribution < 1.29 is 79.1 Å². The van der Waals surface area contributed by atoms with Gasteiger partial charge in [-0.25, -0.2) is 0 Å². The Balaban J connectivity index is 6.02. The summed E-state index contributed by atoms with van der Waals surface area (Å²) in [6, 6.07) is 0. The minimum atomic E-state index is -1.61. The van der Waals surface area contributed by atoms with Gasteiger partial charge in [0.05, 0.1) is 55.8 Å². The van der Waals surface area contributed by atoms with Gasteiger partial charge in [0, 0.05) is 6.54 Å². The molecule has 0 unspecified atom stereocenters. The minimum absolute atomic E-state index is 0.00670. The van der Waals surface area contributed by atoms with Crippen LogP contribution in [0.2, 0.25) is 0 Å². The molecular formula is C33H57NO16. The lowest BCUT2D eigenvalue weighted by molar-refractivity contribution is -0.177. The lowest BCUT2D eigenvalue weighted by atomic mass is 9.87. The van der Waals surface area contributed by atoms with Gasteiger partial charge in [-0.3, -0.25) is 28.8 Å². The molecule has 0 radical (unpaired) electrons. The summed E-state index contributed by atoms with van der Waals surface area (Å²) in [7, 11) is 0. The Bertz CT molecular complexity index is 1070. The fourth-order valence-electron chi connectivity index (χ4n) is 5.61. The topological polar surface area (TPSA) is 309 Å². The number of nitrogens with two attached hydrogens (primary N) is 1. The molecule has 0 heterocycles. The molecule has 0 aromatic carbocycles. The zero-order chi connectivity index (χ0) is 38.6. The standard InChI is InChI=1S/C33H57NO16/c1-4-5-8-19(3)31(50-29(43)16-21(33(47)48)14-27(40)41)25(49-28(42)15-20(32(45)46)13-26(38)39)12-18(2)11-22(35)9-6-7-10-23(36)30(44)24(37)17-34/h18-25,30-31,35-37,44H,4-17,34H2,1-3H3,(H,38,39)(H,40,41)(H,45,46)(H,47,48)/t18-,19+,20+,21-,22+,23+,24+,25-,30+,31+/m0/s1. The van der Waals surface area contributed by atoms with Crippen molar-refractivity contribution in [1.29, 1.82) is 0 Å². The smallest absolute Gasteiger partial charge is 0.307 e. The first-order valence-electron chi connectivity index (χ1n) is 17.0. The number of carbonyl (C=O) groups is 6. The second-order valence-electron chi connectivity index (χ2n) is 13.2. The van der Waals surface area contributed by atoms with E-state index in [2.05, 4.69) is 0 Å². The van der Waals surface area contributed by atoms with Crippen LogP contribution in [0.15, 0.2) is 0 Å². The van der Waals surface area contributed by atoms with Crippen molar-refractivity contribution in [2.75, 3.05) is 6.54 Å². The number of rotatable bonds is 29. The largest absolute Gasteiger partial charge is 0.481 e. The summed E-state index contributed by atoms with van der Waals surface area (Å²) in [4.78, 5) is 71.6. The van der Waals surface area contributed by atoms with Crippen LogP contribution in [0.4, 0.5) is 0 Å². The highest BCUT2D eigenvalue weighted by atomic mass is 16.6. The van der Waals surface area contributed by atoms with E-state index in [-0.39, 0.29) is 32.2 Å². The van der Waals surface area contributed by atoms with Crippen molar-refractivity contribution in [3.05, 3.63) is 0 Å². The van der Waals surface area contributed by atoms with Gasteiger partial charge in [0.15, 0.2) is 0 Å². The van der Waals surface area contributed by atoms with E-state index in [0.29, 0.717) is 25.7 Å². The first-order valence-corrected chi connectivity index (χ1v) is 17.0. The Morgan fingerprint density at radius 3 is 1.60 bits per heavy atom. The monoisotopic (exact) mass is 723 g/mol. The normalized spacial score (nSPS) is 17.5. The Morgan fingerprint density at radius 2 is 1.14 bits per heavy atom. The van der Waals surface area contributed by atoms with Crippen LogP contribution in [0.1, 0.15) is 104 Å². The summed E-state index contributed by atoms with van der Waals surface area (Å²) in [5.74, 6) is -12.2. The van der Waals surface area contributed by atoms with E-state index < -0.39 is 122 Å². The van der Waals surface area contributed by atoms with Crippen molar-refractivity contribution in [2.45, 2.75) is 141 Å². The third-order valence-corrected chi connectivity index (χ3v) is 8.48. The maximum absolute atomic E-state index is 13.0. The van der Waals surface area contributed by atoms with E-state index in [0.717, 1.165) is 6.42 Å². The molecule has 0 bridgehead atoms. The van der Waals surface area contributed by atoms with Gasteiger partial charge in [-0.15, -0.1) is 0 Å². The van der Waals surface area contributed by atoms with E-state index in [9.17, 15) is 59.4 Å². The molecule has 10 N–H and O–H groups in total. The number of aliphatic hydroxyl groups is 4. The van der Waals surface area contributed by atoms with Crippen molar-refractivity contribution in [3.8, 4) is 0 Å². The summed E-state index contributed by atoms with van der Waals surface area (Å²) in [5, 5.41) is 77.2. The van der Waals surface area contributed by atoms with Gasteiger partial charge in [-0.2, -0.15) is 0 Å². The highest BCUT2D eigenvalue weighted by Gasteiger charge is 2.37. The van der Waals surface area contributed by atoms with E-state index in [1.54, 1.807) is 13.8 Å². The molecule has 0 aliphatic heterocycles. The van der Waals surface area contributed by atoms with Crippen LogP contribution in [-0.4, -0.2) is 120 Å². The van der Waals surface area contributed by atoms with E-state index in [1.807, 2.05) is 6.92 Å². The number of carboxylic acids is 4. The molecule has 10 atom stereocenters. The maximum Gasteiger partial charge on any atom is 0.307 e. The highest BCUT2D eigenvalue weighted by Crippen LogP contribution is 2.29. The van der Waals surface area contributed by atoms with Gasteiger partial charge in [0.25, 0.3) is 0 Å². The van der Waals surface area contributed by atoms with E-state index in [4.69, 9.17) is 25.4 Å².